The number of aliphatic hydroxyl groups excluding tert-OH is 1. The number of aliphatic hydroxyl groups is 1. The van der Waals surface area contributed by atoms with Crippen LogP contribution in [0.4, 0.5) is 0 Å². The van der Waals surface area contributed by atoms with Gasteiger partial charge in [-0.25, -0.2) is 9.13 Å². The van der Waals surface area contributed by atoms with Gasteiger partial charge in [0.1, 0.15) is 19.3 Å². The molecule has 0 aliphatic carbocycles. The van der Waals surface area contributed by atoms with Crippen LogP contribution < -0.4 is 0 Å². The maximum Gasteiger partial charge on any atom is 0.472 e. The highest BCUT2D eigenvalue weighted by atomic mass is 31.2. The summed E-state index contributed by atoms with van der Waals surface area (Å²) >= 11 is 0. The Morgan fingerprint density at radius 2 is 0.463 bits per heavy atom. The SMILES string of the molecule is CC/C=C\C/C=C\C/C=C\C/C=C\C/C=C\CCCC(=O)OCC(COP(=O)(O)OCC(O)COP(=O)(O)OCC(COC(=O)CCCCCCCC/C=C\C/C=C\C/C=C\C/C=C\CC)OC(=O)CCCC/C=C\C/C=C\C/C=C\C/C=C\CC)OC(=O)CCCCCC/C=C\C/C=C\C/C=C\C/C=C\CC. The molecule has 0 spiro atoms. The Hall–Kier alpha value is -6.36. The molecule has 108 heavy (non-hydrogen) atoms. The summed E-state index contributed by atoms with van der Waals surface area (Å²) < 4.78 is 68.5. The molecule has 0 bridgehead atoms. The predicted octanol–water partition coefficient (Wildman–Crippen LogP) is 23.9. The quantitative estimate of drug-likeness (QED) is 0.0169. The minimum absolute atomic E-state index is 0.0288. The lowest BCUT2D eigenvalue weighted by Crippen LogP contribution is -2.30. The lowest BCUT2D eigenvalue weighted by atomic mass is 10.1. The summed E-state index contributed by atoms with van der Waals surface area (Å²) in [7, 11) is -10.0. The first-order valence-electron chi connectivity index (χ1n) is 40.3. The third kappa shape index (κ3) is 77.8. The van der Waals surface area contributed by atoms with Crippen LogP contribution in [0.25, 0.3) is 0 Å². The molecule has 0 aromatic carbocycles. The highest BCUT2D eigenvalue weighted by molar-refractivity contribution is 7.47. The van der Waals surface area contributed by atoms with E-state index in [1.54, 1.807) is 0 Å². The Morgan fingerprint density at radius 3 is 0.750 bits per heavy atom. The Bertz CT molecular complexity index is 2860. The van der Waals surface area contributed by atoms with Crippen molar-refractivity contribution in [3.8, 4) is 0 Å². The second-order valence-electron chi connectivity index (χ2n) is 25.8. The van der Waals surface area contributed by atoms with E-state index < -0.39 is 97.5 Å². The molecule has 0 aliphatic rings. The zero-order valence-corrected chi connectivity index (χ0v) is 68.2. The van der Waals surface area contributed by atoms with Crippen molar-refractivity contribution in [1.82, 2.24) is 0 Å². The van der Waals surface area contributed by atoms with Crippen molar-refractivity contribution in [3.63, 3.8) is 0 Å². The van der Waals surface area contributed by atoms with Crippen LogP contribution in [0, 0.1) is 0 Å². The Labute approximate surface area is 652 Å². The van der Waals surface area contributed by atoms with Crippen molar-refractivity contribution >= 4 is 39.5 Å². The summed E-state index contributed by atoms with van der Waals surface area (Å²) in [5.41, 5.74) is 0. The number of unbranched alkanes of at least 4 members (excludes halogenated alkanes) is 13. The highest BCUT2D eigenvalue weighted by Gasteiger charge is 2.30. The fourth-order valence-electron chi connectivity index (χ4n) is 9.76. The van der Waals surface area contributed by atoms with E-state index in [0.717, 1.165) is 180 Å². The van der Waals surface area contributed by atoms with E-state index in [1.165, 1.54) is 0 Å². The number of phosphoric ester groups is 2. The van der Waals surface area contributed by atoms with Gasteiger partial charge in [0, 0.05) is 25.7 Å². The van der Waals surface area contributed by atoms with Crippen LogP contribution in [-0.4, -0.2) is 96.7 Å². The van der Waals surface area contributed by atoms with Crippen LogP contribution in [0.1, 0.15) is 272 Å². The van der Waals surface area contributed by atoms with Crippen LogP contribution in [0.3, 0.4) is 0 Å². The van der Waals surface area contributed by atoms with Crippen LogP contribution in [0.15, 0.2) is 207 Å². The maximum absolute atomic E-state index is 13.1. The molecular formula is C89H140O17P2. The molecule has 0 aromatic heterocycles. The molecule has 0 aliphatic heterocycles. The summed E-state index contributed by atoms with van der Waals surface area (Å²) in [4.78, 5) is 73.1. The van der Waals surface area contributed by atoms with Crippen molar-refractivity contribution < 1.29 is 80.2 Å². The van der Waals surface area contributed by atoms with Crippen molar-refractivity contribution in [3.05, 3.63) is 207 Å². The fraction of sp³-hybridized carbons (Fsp3) is 0.573. The Morgan fingerprint density at radius 1 is 0.259 bits per heavy atom. The predicted molar refractivity (Wildman–Crippen MR) is 445 cm³/mol. The van der Waals surface area contributed by atoms with Gasteiger partial charge in [-0.05, 0) is 180 Å². The normalized spacial score (nSPS) is 14.9. The molecule has 0 heterocycles. The van der Waals surface area contributed by atoms with Gasteiger partial charge in [-0.1, -0.05) is 273 Å². The average Bonchev–Trinajstić information content (AvgIpc) is 0.901. The first kappa shape index (κ1) is 102. The zero-order valence-electron chi connectivity index (χ0n) is 66.4. The lowest BCUT2D eigenvalue weighted by Gasteiger charge is -2.21. The monoisotopic (exact) mass is 1540 g/mol. The molecular weight excluding hydrogens is 1400 g/mol. The molecule has 5 atom stereocenters. The lowest BCUT2D eigenvalue weighted by molar-refractivity contribution is -0.161. The largest absolute Gasteiger partial charge is 0.472 e. The van der Waals surface area contributed by atoms with Crippen LogP contribution in [0.5, 0.6) is 0 Å². The molecule has 0 rings (SSSR count). The Balaban J connectivity index is 5.51. The number of hydrogen-bond acceptors (Lipinski definition) is 15. The van der Waals surface area contributed by atoms with E-state index in [-0.39, 0.29) is 25.7 Å². The summed E-state index contributed by atoms with van der Waals surface area (Å²) in [5.74, 6) is -2.36. The third-order valence-corrected chi connectivity index (χ3v) is 17.6. The molecule has 608 valence electrons. The molecule has 0 fully saturated rings. The van der Waals surface area contributed by atoms with Gasteiger partial charge >= 0.3 is 39.5 Å². The summed E-state index contributed by atoms with van der Waals surface area (Å²) in [6, 6.07) is 0. The van der Waals surface area contributed by atoms with E-state index >= 15 is 0 Å². The number of phosphoric acid groups is 2. The van der Waals surface area contributed by atoms with Gasteiger partial charge in [0.05, 0.1) is 26.4 Å². The van der Waals surface area contributed by atoms with Gasteiger partial charge in [-0.3, -0.25) is 37.3 Å². The minimum atomic E-state index is -5.01. The average molecular weight is 1540 g/mol. The van der Waals surface area contributed by atoms with Crippen molar-refractivity contribution in [2.75, 3.05) is 39.6 Å². The van der Waals surface area contributed by atoms with E-state index in [0.29, 0.717) is 38.5 Å². The van der Waals surface area contributed by atoms with E-state index in [1.807, 2.05) is 12.2 Å². The van der Waals surface area contributed by atoms with E-state index in [4.69, 9.17) is 37.0 Å². The minimum Gasteiger partial charge on any atom is -0.462 e. The fourth-order valence-corrected chi connectivity index (χ4v) is 11.3. The second kappa shape index (κ2) is 78.8. The smallest absolute Gasteiger partial charge is 0.462 e. The van der Waals surface area contributed by atoms with Crippen molar-refractivity contribution in [2.24, 2.45) is 0 Å². The standard InChI is InChI=1S/C89H140O17P2/c1-5-9-13-17-21-25-29-33-37-40-41-44-47-50-54-58-62-66-70-74-87(92)100-79-84(105-88(93)75-71-67-63-59-55-51-45-36-32-28-24-20-16-12-8-4)81-103-107(95,96)101-77-83(90)78-102-108(97,98)104-82-85(106-89(94)76-72-68-64-60-56-52-48-43-39-35-31-27-23-19-15-11-7-3)80-99-86(91)73-69-65-61-57-53-49-46-42-38-34-30-26-22-18-14-10-6-2/h9-16,21-28,33-39,41,44-46,48-49,52,55,57,59,61,83-85,90H,5-8,17-20,29-32,40,42-43,47,50-51,53-54,56,58,60,62-82H2,1-4H3,(H,95,96)(H,97,98)/b13-9-,14-10-,15-11-,16-12-,25-21-,26-22-,27-23-,28-24-,37-33-,38-34-,39-35-,44-41-,45-36-,49-46-,52-48-,59-55-,61-57-. The number of allylic oxidation sites excluding steroid dienone is 34. The highest BCUT2D eigenvalue weighted by Crippen LogP contribution is 2.45. The molecule has 5 unspecified atom stereocenters. The molecule has 0 aromatic rings. The molecule has 17 nitrogen and oxygen atoms in total. The molecule has 0 amide bonds. The van der Waals surface area contributed by atoms with Gasteiger partial charge in [0.2, 0.25) is 0 Å². The maximum atomic E-state index is 13.1. The number of carbonyl (C=O) groups excluding carboxylic acids is 4. The Kier molecular flexibility index (Phi) is 74.1. The zero-order chi connectivity index (χ0) is 78.9. The van der Waals surface area contributed by atoms with Crippen molar-refractivity contribution in [2.45, 2.75) is 290 Å². The number of hydrogen-bond donors (Lipinski definition) is 3. The van der Waals surface area contributed by atoms with Crippen LogP contribution in [-0.2, 0) is 65.4 Å². The molecule has 3 N–H and O–H groups in total. The van der Waals surface area contributed by atoms with Crippen LogP contribution in [0.2, 0.25) is 0 Å². The summed E-state index contributed by atoms with van der Waals surface area (Å²) in [6.07, 6.45) is 98.1. The van der Waals surface area contributed by atoms with E-state index in [2.05, 4.69) is 222 Å². The first-order valence-corrected chi connectivity index (χ1v) is 43.3. The van der Waals surface area contributed by atoms with Gasteiger partial charge < -0.3 is 33.8 Å². The summed E-state index contributed by atoms with van der Waals surface area (Å²) in [5, 5.41) is 10.7. The van der Waals surface area contributed by atoms with Crippen molar-refractivity contribution in [1.29, 1.82) is 0 Å². The van der Waals surface area contributed by atoms with Gasteiger partial charge in [-0.15, -0.1) is 0 Å². The topological polar surface area (TPSA) is 237 Å². The van der Waals surface area contributed by atoms with E-state index in [9.17, 15) is 43.2 Å². The second-order valence-corrected chi connectivity index (χ2v) is 28.7. The molecule has 0 radical (unpaired) electrons. The van der Waals surface area contributed by atoms with Gasteiger partial charge in [0.25, 0.3) is 0 Å². The number of ether oxygens (including phenoxy) is 4. The van der Waals surface area contributed by atoms with Gasteiger partial charge in [0.15, 0.2) is 12.2 Å². The third-order valence-electron chi connectivity index (χ3n) is 15.7. The number of rotatable bonds is 73. The summed E-state index contributed by atoms with van der Waals surface area (Å²) in [6.45, 7) is 4.23. The molecule has 19 heteroatoms. The molecule has 0 saturated carbocycles. The molecule has 0 saturated heterocycles. The van der Waals surface area contributed by atoms with Gasteiger partial charge in [-0.2, -0.15) is 0 Å². The van der Waals surface area contributed by atoms with Crippen LogP contribution >= 0.6 is 15.6 Å². The first-order chi connectivity index (χ1) is 52.7. The number of esters is 4. The number of carbonyl (C=O) groups is 4.